The maximum absolute atomic E-state index is 13.2. The number of nitrogens with zero attached hydrogens (tertiary/aromatic N) is 3. The van der Waals surface area contributed by atoms with Crippen molar-refractivity contribution in [1.82, 2.24) is 0 Å². The van der Waals surface area contributed by atoms with Gasteiger partial charge in [0, 0.05) is 0 Å². The van der Waals surface area contributed by atoms with Crippen molar-refractivity contribution in [2.45, 2.75) is 17.9 Å². The summed E-state index contributed by atoms with van der Waals surface area (Å²) in [5.41, 5.74) is -4.66. The van der Waals surface area contributed by atoms with E-state index in [0.29, 0.717) is 0 Å². The quantitative estimate of drug-likeness (QED) is 0.780. The van der Waals surface area contributed by atoms with Crippen LogP contribution in [0.4, 0.5) is 32.0 Å². The van der Waals surface area contributed by atoms with Crippen molar-refractivity contribution in [2.75, 3.05) is 18.7 Å². The Morgan fingerprint density at radius 1 is 1.10 bits per heavy atom. The molecule has 10 heteroatoms. The molecule has 0 fully saturated rings. The molecule has 0 saturated heterocycles. The smallest absolute Gasteiger partial charge is 0.424 e. The van der Waals surface area contributed by atoms with E-state index < -0.39 is 30.1 Å². The van der Waals surface area contributed by atoms with E-state index in [1.807, 2.05) is 0 Å². The second kappa shape index (κ2) is 4.78. The van der Waals surface area contributed by atoms with Gasteiger partial charge in [-0.05, 0) is 12.1 Å². The van der Waals surface area contributed by atoms with Crippen molar-refractivity contribution >= 4 is 5.69 Å². The molecule has 0 spiro atoms. The van der Waals surface area contributed by atoms with E-state index in [0.717, 1.165) is 13.2 Å². The molecule has 0 radical (unpaired) electrons. The maximum atomic E-state index is 13.2. The Kier molecular flexibility index (Phi) is 3.50. The lowest BCUT2D eigenvalue weighted by Crippen LogP contribution is -2.66. The fraction of sp³-hybridized carbons (Fsp3) is 0.455. The summed E-state index contributed by atoms with van der Waals surface area (Å²) in [7, 11) is 1.13. The Labute approximate surface area is 115 Å². The van der Waals surface area contributed by atoms with Crippen LogP contribution in [0.5, 0.6) is 5.75 Å². The van der Waals surface area contributed by atoms with E-state index in [-0.39, 0.29) is 10.8 Å². The number of hydrogen-bond acceptors (Lipinski definition) is 4. The van der Waals surface area contributed by atoms with Crippen molar-refractivity contribution in [3.05, 3.63) is 24.3 Å². The van der Waals surface area contributed by atoms with Gasteiger partial charge in [0.1, 0.15) is 18.0 Å². The normalized spacial score (nSPS) is 18.1. The van der Waals surface area contributed by atoms with Gasteiger partial charge in [-0.2, -0.15) is 31.5 Å². The lowest BCUT2D eigenvalue weighted by Gasteiger charge is -2.38. The van der Waals surface area contributed by atoms with E-state index in [9.17, 15) is 26.3 Å². The highest BCUT2D eigenvalue weighted by atomic mass is 19.4. The third kappa shape index (κ3) is 2.18. The van der Waals surface area contributed by atoms with Crippen LogP contribution < -0.4 is 9.75 Å². The van der Waals surface area contributed by atoms with Crippen molar-refractivity contribution in [2.24, 2.45) is 10.3 Å². The first-order valence-electron chi connectivity index (χ1n) is 5.59. The van der Waals surface area contributed by atoms with Gasteiger partial charge in [0.25, 0.3) is 5.54 Å². The van der Waals surface area contributed by atoms with Crippen LogP contribution in [-0.2, 0) is 0 Å². The zero-order valence-electron chi connectivity index (χ0n) is 10.5. The molecule has 0 bridgehead atoms. The minimum Gasteiger partial charge on any atom is -0.495 e. The van der Waals surface area contributed by atoms with Crippen molar-refractivity contribution in [3.8, 4) is 5.75 Å². The van der Waals surface area contributed by atoms with Gasteiger partial charge in [0.15, 0.2) is 0 Å². The van der Waals surface area contributed by atoms with Crippen LogP contribution >= 0.6 is 0 Å². The highest BCUT2D eigenvalue weighted by Crippen LogP contribution is 2.52. The minimum atomic E-state index is -5.62. The third-order valence-electron chi connectivity index (χ3n) is 3.07. The van der Waals surface area contributed by atoms with Gasteiger partial charge < -0.3 is 4.74 Å². The largest absolute Gasteiger partial charge is 0.495 e. The van der Waals surface area contributed by atoms with Gasteiger partial charge >= 0.3 is 12.4 Å². The van der Waals surface area contributed by atoms with Gasteiger partial charge in [0.05, 0.1) is 7.11 Å². The first-order valence-corrected chi connectivity index (χ1v) is 5.59. The summed E-state index contributed by atoms with van der Waals surface area (Å²) in [6.45, 7) is -1.56. The third-order valence-corrected chi connectivity index (χ3v) is 3.07. The second-order valence-electron chi connectivity index (χ2n) is 4.23. The van der Waals surface area contributed by atoms with Crippen molar-refractivity contribution < 1.29 is 31.1 Å². The summed E-state index contributed by atoms with van der Waals surface area (Å²) in [4.78, 5) is 0. The molecule has 0 aromatic heterocycles. The molecule has 0 atom stereocenters. The number of benzene rings is 1. The van der Waals surface area contributed by atoms with Gasteiger partial charge in [-0.25, -0.2) is 5.01 Å². The standard InChI is InChI=1S/C11H9F6N3O/c1-21-8-5-3-2-4-7(8)20-9(6-18-19-20,10(12,13)14)11(15,16)17/h2-5H,6H2,1H3. The predicted molar refractivity (Wildman–Crippen MR) is 60.0 cm³/mol. The lowest BCUT2D eigenvalue weighted by atomic mass is 9.96. The summed E-state index contributed by atoms with van der Waals surface area (Å²) >= 11 is 0. The average molecular weight is 313 g/mol. The Morgan fingerprint density at radius 3 is 2.19 bits per heavy atom. The summed E-state index contributed by atoms with van der Waals surface area (Å²) in [5.74, 6) is -0.170. The molecule has 1 aromatic carbocycles. The van der Waals surface area contributed by atoms with E-state index in [1.165, 1.54) is 18.2 Å². The monoisotopic (exact) mass is 313 g/mol. The number of methoxy groups -OCH3 is 1. The molecule has 1 heterocycles. The maximum Gasteiger partial charge on any atom is 0.424 e. The molecular formula is C11H9F6N3O. The molecule has 2 rings (SSSR count). The molecule has 1 aliphatic heterocycles. The molecule has 0 N–H and O–H groups in total. The Hall–Kier alpha value is -2.00. The van der Waals surface area contributed by atoms with Crippen LogP contribution in [0, 0.1) is 0 Å². The molecule has 4 nitrogen and oxygen atoms in total. The van der Waals surface area contributed by atoms with Crippen LogP contribution in [0.15, 0.2) is 34.6 Å². The number of hydrogen-bond donors (Lipinski definition) is 0. The molecule has 0 saturated carbocycles. The number of para-hydroxylation sites is 2. The predicted octanol–water partition coefficient (Wildman–Crippen LogP) is 3.75. The zero-order chi connectivity index (χ0) is 15.9. The number of rotatable bonds is 2. The number of alkyl halides is 6. The van der Waals surface area contributed by atoms with Gasteiger partial charge in [0.2, 0.25) is 0 Å². The van der Waals surface area contributed by atoms with E-state index in [1.54, 1.807) is 0 Å². The van der Waals surface area contributed by atoms with Crippen LogP contribution in [0.25, 0.3) is 0 Å². The fourth-order valence-corrected chi connectivity index (χ4v) is 1.98. The van der Waals surface area contributed by atoms with E-state index in [2.05, 4.69) is 10.3 Å². The molecule has 1 aromatic rings. The second-order valence-corrected chi connectivity index (χ2v) is 4.23. The minimum absolute atomic E-state index is 0.170. The number of halogens is 6. The number of ether oxygens (including phenoxy) is 1. The lowest BCUT2D eigenvalue weighted by molar-refractivity contribution is -0.290. The van der Waals surface area contributed by atoms with Crippen molar-refractivity contribution in [1.29, 1.82) is 0 Å². The van der Waals surface area contributed by atoms with Crippen molar-refractivity contribution in [3.63, 3.8) is 0 Å². The van der Waals surface area contributed by atoms with Crippen LogP contribution in [0.3, 0.4) is 0 Å². The highest BCUT2D eigenvalue weighted by molar-refractivity contribution is 5.61. The molecule has 116 valence electrons. The highest BCUT2D eigenvalue weighted by Gasteiger charge is 2.76. The van der Waals surface area contributed by atoms with E-state index >= 15 is 0 Å². The number of anilines is 1. The average Bonchev–Trinajstić information content (AvgIpc) is 2.83. The summed E-state index contributed by atoms with van der Waals surface area (Å²) in [5, 5.41) is 5.82. The SMILES string of the molecule is COc1ccccc1N1N=NCC1(C(F)(F)F)C(F)(F)F. The Balaban J connectivity index is 2.63. The molecule has 0 amide bonds. The molecule has 21 heavy (non-hydrogen) atoms. The fourth-order valence-electron chi connectivity index (χ4n) is 1.98. The summed E-state index contributed by atoms with van der Waals surface area (Å²) < 4.78 is 83.8. The van der Waals surface area contributed by atoms with Crippen LogP contribution in [0.2, 0.25) is 0 Å². The first kappa shape index (κ1) is 15.4. The van der Waals surface area contributed by atoms with E-state index in [4.69, 9.17) is 4.74 Å². The van der Waals surface area contributed by atoms with Crippen LogP contribution in [-0.4, -0.2) is 31.5 Å². The topological polar surface area (TPSA) is 37.2 Å². The first-order chi connectivity index (χ1) is 9.65. The zero-order valence-corrected chi connectivity index (χ0v) is 10.5. The van der Waals surface area contributed by atoms with Gasteiger partial charge in [-0.15, -0.1) is 0 Å². The molecule has 0 aliphatic carbocycles. The molecular weight excluding hydrogens is 304 g/mol. The Morgan fingerprint density at radius 2 is 1.67 bits per heavy atom. The molecule has 1 aliphatic rings. The Bertz CT molecular complexity index is 540. The summed E-state index contributed by atoms with van der Waals surface area (Å²) in [6, 6.07) is 4.98. The van der Waals surface area contributed by atoms with Gasteiger partial charge in [-0.1, -0.05) is 17.4 Å². The molecule has 0 unspecified atom stereocenters. The van der Waals surface area contributed by atoms with Crippen LogP contribution in [0.1, 0.15) is 0 Å². The van der Waals surface area contributed by atoms with Gasteiger partial charge in [-0.3, -0.25) is 0 Å². The summed E-state index contributed by atoms with van der Waals surface area (Å²) in [6.07, 6.45) is -11.2.